The van der Waals surface area contributed by atoms with Crippen molar-refractivity contribution >= 4 is 18.0 Å². The third-order valence-electron chi connectivity index (χ3n) is 3.35. The van der Waals surface area contributed by atoms with Crippen LogP contribution in [0.15, 0.2) is 30.3 Å². The Balaban J connectivity index is 2.75. The monoisotopic (exact) mass is 323 g/mol. The number of hydrogen-bond acceptors (Lipinski definition) is 6. The van der Waals surface area contributed by atoms with Crippen molar-refractivity contribution in [1.82, 2.24) is 5.32 Å². The molecule has 0 aromatic heterocycles. The number of hydrogen-bond donors (Lipinski definition) is 1. The number of benzene rings is 1. The predicted molar refractivity (Wildman–Crippen MR) is 81.4 cm³/mol. The molecule has 7 nitrogen and oxygen atoms in total. The first-order valence-corrected chi connectivity index (χ1v) is 6.96. The van der Waals surface area contributed by atoms with Crippen molar-refractivity contribution in [2.24, 2.45) is 5.41 Å². The Labute approximate surface area is 134 Å². The summed E-state index contributed by atoms with van der Waals surface area (Å²) in [6.45, 7) is 2.98. The van der Waals surface area contributed by atoms with Crippen molar-refractivity contribution in [3.8, 4) is 0 Å². The van der Waals surface area contributed by atoms with E-state index in [0.717, 1.165) is 5.56 Å². The van der Waals surface area contributed by atoms with Crippen molar-refractivity contribution in [3.63, 3.8) is 0 Å². The molecule has 1 aromatic rings. The third kappa shape index (κ3) is 4.98. The Hall–Kier alpha value is -2.57. The van der Waals surface area contributed by atoms with Crippen LogP contribution in [0.1, 0.15) is 19.4 Å². The summed E-state index contributed by atoms with van der Waals surface area (Å²) in [5, 5.41) is 2.36. The van der Waals surface area contributed by atoms with Crippen LogP contribution < -0.4 is 5.32 Å². The van der Waals surface area contributed by atoms with E-state index in [0.29, 0.717) is 0 Å². The molecular weight excluding hydrogens is 302 g/mol. The molecule has 1 amide bonds. The number of alkyl carbamates (subject to hydrolysis) is 1. The molecule has 1 atom stereocenters. The summed E-state index contributed by atoms with van der Waals surface area (Å²) in [6.07, 6.45) is -0.832. The lowest BCUT2D eigenvalue weighted by molar-refractivity contribution is -0.160. The molecule has 1 rings (SSSR count). The molecule has 0 saturated carbocycles. The second kappa shape index (κ2) is 8.17. The van der Waals surface area contributed by atoms with E-state index < -0.39 is 29.5 Å². The summed E-state index contributed by atoms with van der Waals surface area (Å²) >= 11 is 0. The predicted octanol–water partition coefficient (Wildman–Crippen LogP) is 1.65. The van der Waals surface area contributed by atoms with Crippen molar-refractivity contribution in [2.45, 2.75) is 26.5 Å². The van der Waals surface area contributed by atoms with Gasteiger partial charge in [0.1, 0.15) is 12.6 Å². The zero-order valence-electron chi connectivity index (χ0n) is 13.6. The number of carbonyl (C=O) groups excluding carboxylic acids is 3. The molecular formula is C16H21NO6. The Morgan fingerprint density at radius 1 is 1.09 bits per heavy atom. The number of carbonyl (C=O) groups is 3. The first kappa shape index (κ1) is 18.5. The molecule has 0 radical (unpaired) electrons. The fraction of sp³-hybridized carbons (Fsp3) is 0.438. The van der Waals surface area contributed by atoms with E-state index in [-0.39, 0.29) is 6.61 Å². The highest BCUT2D eigenvalue weighted by atomic mass is 16.6. The average Bonchev–Trinajstić information content (AvgIpc) is 2.57. The van der Waals surface area contributed by atoms with Gasteiger partial charge in [-0.1, -0.05) is 30.3 Å². The van der Waals surface area contributed by atoms with Gasteiger partial charge in [-0.25, -0.2) is 9.59 Å². The summed E-state index contributed by atoms with van der Waals surface area (Å²) in [5.74, 6) is -1.42. The molecule has 1 unspecified atom stereocenters. The maximum Gasteiger partial charge on any atom is 0.408 e. The van der Waals surface area contributed by atoms with Gasteiger partial charge in [0, 0.05) is 0 Å². The van der Waals surface area contributed by atoms with Crippen LogP contribution >= 0.6 is 0 Å². The van der Waals surface area contributed by atoms with Crippen molar-refractivity contribution in [2.75, 3.05) is 14.2 Å². The number of rotatable bonds is 6. The van der Waals surface area contributed by atoms with Gasteiger partial charge >= 0.3 is 18.0 Å². The minimum absolute atomic E-state index is 0.0409. The molecule has 0 aliphatic rings. The number of methoxy groups -OCH3 is 2. The zero-order valence-corrected chi connectivity index (χ0v) is 13.6. The first-order valence-electron chi connectivity index (χ1n) is 6.96. The van der Waals surface area contributed by atoms with E-state index in [9.17, 15) is 14.4 Å². The number of amides is 1. The van der Waals surface area contributed by atoms with Gasteiger partial charge in [-0.15, -0.1) is 0 Å². The summed E-state index contributed by atoms with van der Waals surface area (Å²) in [4.78, 5) is 35.6. The van der Waals surface area contributed by atoms with E-state index >= 15 is 0 Å². The summed E-state index contributed by atoms with van der Waals surface area (Å²) < 4.78 is 14.4. The van der Waals surface area contributed by atoms with Gasteiger partial charge in [0.05, 0.1) is 19.6 Å². The Morgan fingerprint density at radius 3 is 2.22 bits per heavy atom. The molecule has 1 aromatic carbocycles. The minimum Gasteiger partial charge on any atom is -0.469 e. The van der Waals surface area contributed by atoms with Crippen molar-refractivity contribution in [1.29, 1.82) is 0 Å². The van der Waals surface area contributed by atoms with Crippen molar-refractivity contribution < 1.29 is 28.6 Å². The summed E-state index contributed by atoms with van der Waals surface area (Å²) in [5.41, 5.74) is -0.516. The highest BCUT2D eigenvalue weighted by molar-refractivity contribution is 5.89. The second-order valence-corrected chi connectivity index (χ2v) is 5.38. The molecule has 0 aliphatic heterocycles. The van der Waals surface area contributed by atoms with Crippen LogP contribution in [0.4, 0.5) is 4.79 Å². The van der Waals surface area contributed by atoms with Gasteiger partial charge < -0.3 is 19.5 Å². The van der Waals surface area contributed by atoms with Crippen molar-refractivity contribution in [3.05, 3.63) is 35.9 Å². The van der Waals surface area contributed by atoms with Crippen LogP contribution in [-0.4, -0.2) is 38.3 Å². The molecule has 0 heterocycles. The van der Waals surface area contributed by atoms with Crippen LogP contribution in [0.25, 0.3) is 0 Å². The quantitative estimate of drug-likeness (QED) is 0.632. The zero-order chi connectivity index (χ0) is 17.5. The van der Waals surface area contributed by atoms with Crippen LogP contribution in [0.3, 0.4) is 0 Å². The van der Waals surface area contributed by atoms with Crippen LogP contribution in [0.2, 0.25) is 0 Å². The van der Waals surface area contributed by atoms with Gasteiger partial charge in [-0.05, 0) is 19.4 Å². The normalized spacial score (nSPS) is 12.0. The molecule has 126 valence electrons. The van der Waals surface area contributed by atoms with Crippen LogP contribution in [0, 0.1) is 5.41 Å². The molecule has 0 spiro atoms. The Morgan fingerprint density at radius 2 is 1.70 bits per heavy atom. The maximum absolute atomic E-state index is 11.9. The SMILES string of the molecule is COC(=O)C(NC(=O)OCc1ccccc1)C(C)(C)C(=O)OC. The summed E-state index contributed by atoms with van der Waals surface area (Å²) in [7, 11) is 2.37. The largest absolute Gasteiger partial charge is 0.469 e. The average molecular weight is 323 g/mol. The van der Waals surface area contributed by atoms with Gasteiger partial charge in [-0.2, -0.15) is 0 Å². The maximum atomic E-state index is 11.9. The molecule has 0 bridgehead atoms. The first-order chi connectivity index (χ1) is 10.8. The standard InChI is InChI=1S/C16H21NO6/c1-16(2,14(19)22-4)12(13(18)21-3)17-15(20)23-10-11-8-6-5-7-9-11/h5-9,12H,10H2,1-4H3,(H,17,20). The Bertz CT molecular complexity index is 555. The second-order valence-electron chi connectivity index (χ2n) is 5.38. The minimum atomic E-state index is -1.31. The molecule has 0 aliphatic carbocycles. The molecule has 23 heavy (non-hydrogen) atoms. The highest BCUT2D eigenvalue weighted by Crippen LogP contribution is 2.23. The number of esters is 2. The fourth-order valence-corrected chi connectivity index (χ4v) is 1.92. The van der Waals surface area contributed by atoms with Gasteiger partial charge in [-0.3, -0.25) is 4.79 Å². The lowest BCUT2D eigenvalue weighted by Gasteiger charge is -2.29. The van der Waals surface area contributed by atoms with Gasteiger partial charge in [0.25, 0.3) is 0 Å². The van der Waals surface area contributed by atoms with Crippen LogP contribution in [0.5, 0.6) is 0 Å². The number of nitrogens with one attached hydrogen (secondary N) is 1. The molecule has 7 heteroatoms. The van der Waals surface area contributed by atoms with E-state index in [2.05, 4.69) is 14.8 Å². The lowest BCUT2D eigenvalue weighted by Crippen LogP contribution is -2.54. The lowest BCUT2D eigenvalue weighted by atomic mass is 9.84. The highest BCUT2D eigenvalue weighted by Gasteiger charge is 2.44. The smallest absolute Gasteiger partial charge is 0.408 e. The van der Waals surface area contributed by atoms with E-state index in [4.69, 9.17) is 4.74 Å². The van der Waals surface area contributed by atoms with Gasteiger partial charge in [0.2, 0.25) is 0 Å². The van der Waals surface area contributed by atoms with Gasteiger partial charge in [0.15, 0.2) is 0 Å². The third-order valence-corrected chi connectivity index (χ3v) is 3.35. The van der Waals surface area contributed by atoms with E-state index in [1.807, 2.05) is 18.2 Å². The van der Waals surface area contributed by atoms with E-state index in [1.54, 1.807) is 12.1 Å². The summed E-state index contributed by atoms with van der Waals surface area (Å²) in [6, 6.07) is 7.83. The number of ether oxygens (including phenoxy) is 3. The molecule has 0 saturated heterocycles. The topological polar surface area (TPSA) is 90.9 Å². The van der Waals surface area contributed by atoms with Crippen LogP contribution in [-0.2, 0) is 30.4 Å². The fourth-order valence-electron chi connectivity index (χ4n) is 1.92. The van der Waals surface area contributed by atoms with E-state index in [1.165, 1.54) is 28.1 Å². The Kier molecular flexibility index (Phi) is 6.56. The molecule has 0 fully saturated rings. The molecule has 1 N–H and O–H groups in total.